The summed E-state index contributed by atoms with van der Waals surface area (Å²) in [6.45, 7) is 8.05. The lowest BCUT2D eigenvalue weighted by Crippen LogP contribution is -2.39. The Kier molecular flexibility index (Phi) is 4.85. The number of nitrogens with zero attached hydrogens (tertiary/aromatic N) is 2. The molecule has 2 aromatic rings. The van der Waals surface area contributed by atoms with Gasteiger partial charge in [0, 0.05) is 17.8 Å². The monoisotopic (exact) mass is 301 g/mol. The number of hydrogen-bond acceptors (Lipinski definition) is 3. The average Bonchev–Trinajstić information content (AvgIpc) is 2.85. The van der Waals surface area contributed by atoms with Crippen LogP contribution in [0.15, 0.2) is 42.6 Å². The van der Waals surface area contributed by atoms with Gasteiger partial charge in [0.25, 0.3) is 0 Å². The number of nitrogens with one attached hydrogen (secondary N) is 1. The van der Waals surface area contributed by atoms with Crippen LogP contribution in [0.25, 0.3) is 11.3 Å². The van der Waals surface area contributed by atoms with Crippen LogP contribution in [0.1, 0.15) is 27.7 Å². The molecule has 0 aliphatic heterocycles. The van der Waals surface area contributed by atoms with Crippen molar-refractivity contribution in [1.82, 2.24) is 15.1 Å². The first-order valence-electron chi connectivity index (χ1n) is 7.42. The molecule has 0 aliphatic carbocycles. The van der Waals surface area contributed by atoms with E-state index >= 15 is 0 Å². The van der Waals surface area contributed by atoms with Gasteiger partial charge in [0.2, 0.25) is 0 Å². The fourth-order valence-corrected chi connectivity index (χ4v) is 2.06. The second kappa shape index (κ2) is 6.64. The molecule has 22 heavy (non-hydrogen) atoms. The number of ether oxygens (including phenoxy) is 1. The Balaban J connectivity index is 1.91. The van der Waals surface area contributed by atoms with Crippen LogP contribution in [0.3, 0.4) is 0 Å². The molecule has 0 unspecified atom stereocenters. The van der Waals surface area contributed by atoms with E-state index in [-0.39, 0.29) is 6.04 Å². The largest absolute Gasteiger partial charge is 0.444 e. The predicted molar refractivity (Wildman–Crippen MR) is 86.5 cm³/mol. The van der Waals surface area contributed by atoms with E-state index in [0.717, 1.165) is 11.3 Å². The first kappa shape index (κ1) is 16.1. The Morgan fingerprint density at radius 2 is 1.95 bits per heavy atom. The molecule has 0 fully saturated rings. The van der Waals surface area contributed by atoms with Crippen LogP contribution in [0.2, 0.25) is 0 Å². The summed E-state index contributed by atoms with van der Waals surface area (Å²) < 4.78 is 7.06. The number of carbonyl (C=O) groups is 1. The van der Waals surface area contributed by atoms with Gasteiger partial charge in [-0.25, -0.2) is 4.79 Å². The van der Waals surface area contributed by atoms with Gasteiger partial charge in [-0.15, -0.1) is 0 Å². The molecule has 0 saturated heterocycles. The van der Waals surface area contributed by atoms with Crippen molar-refractivity contribution in [2.24, 2.45) is 0 Å². The Morgan fingerprint density at radius 1 is 1.27 bits per heavy atom. The molecular formula is C17H23N3O2. The normalized spacial score (nSPS) is 12.7. The zero-order valence-corrected chi connectivity index (χ0v) is 13.5. The van der Waals surface area contributed by atoms with E-state index in [9.17, 15) is 4.79 Å². The third-order valence-electron chi connectivity index (χ3n) is 2.93. The summed E-state index contributed by atoms with van der Waals surface area (Å²) >= 11 is 0. The van der Waals surface area contributed by atoms with Gasteiger partial charge in [0.15, 0.2) is 0 Å². The molecule has 1 N–H and O–H groups in total. The summed E-state index contributed by atoms with van der Waals surface area (Å²) in [4.78, 5) is 11.7. The van der Waals surface area contributed by atoms with E-state index in [0.29, 0.717) is 6.54 Å². The van der Waals surface area contributed by atoms with Crippen molar-refractivity contribution in [3.63, 3.8) is 0 Å². The van der Waals surface area contributed by atoms with Gasteiger partial charge in [-0.05, 0) is 33.8 Å². The fraction of sp³-hybridized carbons (Fsp3) is 0.412. The highest BCUT2D eigenvalue weighted by Crippen LogP contribution is 2.15. The standard InChI is InChI=1S/C17H23N3O2/c1-13(18-16(21)22-17(2,3)4)12-20-11-10-15(19-20)14-8-6-5-7-9-14/h5-11,13H,12H2,1-4H3,(H,18,21)/t13-/m0/s1. The van der Waals surface area contributed by atoms with Crippen LogP contribution >= 0.6 is 0 Å². The highest BCUT2D eigenvalue weighted by Gasteiger charge is 2.17. The molecule has 1 aromatic carbocycles. The van der Waals surface area contributed by atoms with Gasteiger partial charge >= 0.3 is 6.09 Å². The number of alkyl carbamates (subject to hydrolysis) is 1. The maximum atomic E-state index is 11.7. The molecule has 0 bridgehead atoms. The van der Waals surface area contributed by atoms with E-state index < -0.39 is 11.7 Å². The first-order valence-corrected chi connectivity index (χ1v) is 7.42. The summed E-state index contributed by atoms with van der Waals surface area (Å²) in [5.41, 5.74) is 1.51. The number of hydrogen-bond donors (Lipinski definition) is 1. The van der Waals surface area contributed by atoms with Crippen molar-refractivity contribution >= 4 is 6.09 Å². The second-order valence-electron chi connectivity index (χ2n) is 6.34. The Bertz CT molecular complexity index is 614. The molecule has 1 amide bonds. The SMILES string of the molecule is C[C@@H](Cn1ccc(-c2ccccc2)n1)NC(=O)OC(C)(C)C. The zero-order chi connectivity index (χ0) is 16.2. The molecule has 118 valence electrons. The lowest BCUT2D eigenvalue weighted by molar-refractivity contribution is 0.0503. The van der Waals surface area contributed by atoms with Crippen LogP contribution in [-0.2, 0) is 11.3 Å². The topological polar surface area (TPSA) is 56.2 Å². The average molecular weight is 301 g/mol. The van der Waals surface area contributed by atoms with Gasteiger partial charge < -0.3 is 10.1 Å². The minimum Gasteiger partial charge on any atom is -0.444 e. The summed E-state index contributed by atoms with van der Waals surface area (Å²) in [7, 11) is 0. The van der Waals surface area contributed by atoms with Gasteiger partial charge in [0.1, 0.15) is 5.60 Å². The van der Waals surface area contributed by atoms with Crippen LogP contribution in [-0.4, -0.2) is 27.5 Å². The van der Waals surface area contributed by atoms with E-state index in [2.05, 4.69) is 10.4 Å². The fourth-order valence-electron chi connectivity index (χ4n) is 2.06. The van der Waals surface area contributed by atoms with E-state index in [1.807, 2.05) is 75.0 Å². The van der Waals surface area contributed by atoms with Crippen molar-refractivity contribution in [3.8, 4) is 11.3 Å². The number of aromatic nitrogens is 2. The highest BCUT2D eigenvalue weighted by atomic mass is 16.6. The van der Waals surface area contributed by atoms with E-state index in [4.69, 9.17) is 4.74 Å². The minimum atomic E-state index is -0.490. The molecule has 1 atom stereocenters. The van der Waals surface area contributed by atoms with E-state index in [1.165, 1.54) is 0 Å². The maximum Gasteiger partial charge on any atom is 0.407 e. The molecule has 0 spiro atoms. The summed E-state index contributed by atoms with van der Waals surface area (Å²) in [5.74, 6) is 0. The van der Waals surface area contributed by atoms with Gasteiger partial charge in [0.05, 0.1) is 12.2 Å². The van der Waals surface area contributed by atoms with Gasteiger partial charge in [-0.2, -0.15) is 5.10 Å². The van der Waals surface area contributed by atoms with Crippen molar-refractivity contribution in [1.29, 1.82) is 0 Å². The van der Waals surface area contributed by atoms with Crippen molar-refractivity contribution < 1.29 is 9.53 Å². The third-order valence-corrected chi connectivity index (χ3v) is 2.93. The van der Waals surface area contributed by atoms with Crippen LogP contribution < -0.4 is 5.32 Å². The third kappa shape index (κ3) is 4.91. The number of carbonyl (C=O) groups excluding carboxylic acids is 1. The zero-order valence-electron chi connectivity index (χ0n) is 13.5. The molecule has 5 nitrogen and oxygen atoms in total. The van der Waals surface area contributed by atoms with Crippen LogP contribution in [0, 0.1) is 0 Å². The summed E-state index contributed by atoms with van der Waals surface area (Å²) in [5, 5.41) is 7.34. The van der Waals surface area contributed by atoms with Crippen molar-refractivity contribution in [2.45, 2.75) is 45.9 Å². The summed E-state index contributed by atoms with van der Waals surface area (Å²) in [6, 6.07) is 11.9. The molecular weight excluding hydrogens is 278 g/mol. The van der Waals surface area contributed by atoms with E-state index in [1.54, 1.807) is 0 Å². The molecule has 0 aliphatic rings. The molecule has 5 heteroatoms. The quantitative estimate of drug-likeness (QED) is 0.941. The van der Waals surface area contributed by atoms with Crippen LogP contribution in [0.5, 0.6) is 0 Å². The molecule has 1 heterocycles. The number of rotatable bonds is 4. The molecule has 1 aromatic heterocycles. The maximum absolute atomic E-state index is 11.7. The summed E-state index contributed by atoms with van der Waals surface area (Å²) in [6.07, 6.45) is 1.51. The minimum absolute atomic E-state index is 0.0710. The van der Waals surface area contributed by atoms with Crippen molar-refractivity contribution in [3.05, 3.63) is 42.6 Å². The molecule has 0 saturated carbocycles. The smallest absolute Gasteiger partial charge is 0.407 e. The number of amides is 1. The second-order valence-corrected chi connectivity index (χ2v) is 6.34. The van der Waals surface area contributed by atoms with Crippen LogP contribution in [0.4, 0.5) is 4.79 Å². The van der Waals surface area contributed by atoms with Gasteiger partial charge in [-0.1, -0.05) is 30.3 Å². The first-order chi connectivity index (χ1) is 10.3. The highest BCUT2D eigenvalue weighted by molar-refractivity contribution is 5.68. The lowest BCUT2D eigenvalue weighted by Gasteiger charge is -2.21. The molecule has 0 radical (unpaired) electrons. The van der Waals surface area contributed by atoms with Crippen molar-refractivity contribution in [2.75, 3.05) is 0 Å². The predicted octanol–water partition coefficient (Wildman–Crippen LogP) is 3.46. The Morgan fingerprint density at radius 3 is 2.59 bits per heavy atom. The lowest BCUT2D eigenvalue weighted by atomic mass is 10.2. The Labute approximate surface area is 131 Å². The number of benzene rings is 1. The Hall–Kier alpha value is -2.30. The molecule has 2 rings (SSSR count). The van der Waals surface area contributed by atoms with Gasteiger partial charge in [-0.3, -0.25) is 4.68 Å².